The van der Waals surface area contributed by atoms with Gasteiger partial charge >= 0.3 is 0 Å². The Labute approximate surface area is 87.3 Å². The third-order valence-electron chi connectivity index (χ3n) is 2.14. The van der Waals surface area contributed by atoms with E-state index in [2.05, 4.69) is 18.8 Å². The maximum atomic E-state index is 8.43. The first-order valence-corrected chi connectivity index (χ1v) is 5.62. The predicted molar refractivity (Wildman–Crippen MR) is 58.6 cm³/mol. The molecule has 0 spiro atoms. The Morgan fingerprint density at radius 3 is 2.07 bits per heavy atom. The summed E-state index contributed by atoms with van der Waals surface area (Å²) in [4.78, 5) is 0. The average Bonchev–Trinajstić information content (AvgIpc) is 2.15. The van der Waals surface area contributed by atoms with Crippen molar-refractivity contribution in [3.8, 4) is 11.8 Å². The molecular formula is C12H22O2. The first kappa shape index (κ1) is 13.5. The number of hydrogen-bond donors (Lipinski definition) is 2. The van der Waals surface area contributed by atoms with Crippen molar-refractivity contribution in [3.63, 3.8) is 0 Å². The van der Waals surface area contributed by atoms with E-state index in [-0.39, 0.29) is 0 Å². The molecular weight excluding hydrogens is 176 g/mol. The zero-order chi connectivity index (χ0) is 10.6. The maximum absolute atomic E-state index is 8.43. The van der Waals surface area contributed by atoms with Crippen molar-refractivity contribution >= 4 is 0 Å². The molecule has 0 aliphatic heterocycles. The summed E-state index contributed by atoms with van der Waals surface area (Å²) >= 11 is 0. The maximum Gasteiger partial charge on any atom is 0.217 e. The molecule has 14 heavy (non-hydrogen) atoms. The lowest BCUT2D eigenvalue weighted by atomic mass is 10.1. The molecule has 2 N–H and O–H groups in total. The summed E-state index contributed by atoms with van der Waals surface area (Å²) in [6.07, 6.45) is 8.19. The number of aliphatic hydroxyl groups excluding tert-OH is 1. The molecule has 0 aliphatic carbocycles. The first-order valence-electron chi connectivity index (χ1n) is 5.62. The second kappa shape index (κ2) is 10.6. The van der Waals surface area contributed by atoms with Gasteiger partial charge in [-0.05, 0) is 12.3 Å². The van der Waals surface area contributed by atoms with Gasteiger partial charge in [0, 0.05) is 6.42 Å². The van der Waals surface area contributed by atoms with Gasteiger partial charge in [-0.25, -0.2) is 0 Å². The lowest BCUT2D eigenvalue weighted by Gasteiger charge is -1.98. The molecule has 0 aliphatic rings. The van der Waals surface area contributed by atoms with Crippen molar-refractivity contribution in [1.29, 1.82) is 0 Å². The van der Waals surface area contributed by atoms with E-state index in [1.54, 1.807) is 0 Å². The Morgan fingerprint density at radius 1 is 0.929 bits per heavy atom. The van der Waals surface area contributed by atoms with Crippen LogP contribution in [-0.4, -0.2) is 16.5 Å². The first-order chi connectivity index (χ1) is 6.77. The Balaban J connectivity index is 3.04. The largest absolute Gasteiger partial charge is 0.358 e. The lowest BCUT2D eigenvalue weighted by Crippen LogP contribution is -1.97. The van der Waals surface area contributed by atoms with Crippen molar-refractivity contribution in [3.05, 3.63) is 0 Å². The molecule has 82 valence electrons. The van der Waals surface area contributed by atoms with Gasteiger partial charge in [-0.3, -0.25) is 0 Å². The minimum atomic E-state index is -1.46. The Kier molecular flexibility index (Phi) is 10.2. The second-order valence-electron chi connectivity index (χ2n) is 3.57. The third kappa shape index (κ3) is 11.5. The Bertz CT molecular complexity index is 165. The average molecular weight is 198 g/mol. The summed E-state index contributed by atoms with van der Waals surface area (Å²) in [6, 6.07) is 0. The van der Waals surface area contributed by atoms with Crippen molar-refractivity contribution in [2.75, 3.05) is 0 Å². The van der Waals surface area contributed by atoms with Crippen LogP contribution in [0.1, 0.15) is 58.3 Å². The number of rotatable bonds is 7. The molecule has 0 rings (SSSR count). The van der Waals surface area contributed by atoms with E-state index in [1.165, 1.54) is 38.5 Å². The van der Waals surface area contributed by atoms with Crippen LogP contribution in [0.4, 0.5) is 0 Å². The van der Waals surface area contributed by atoms with Crippen molar-refractivity contribution in [1.82, 2.24) is 0 Å². The van der Waals surface area contributed by atoms with E-state index in [4.69, 9.17) is 10.2 Å². The fourth-order valence-electron chi connectivity index (χ4n) is 1.33. The van der Waals surface area contributed by atoms with Crippen molar-refractivity contribution in [2.24, 2.45) is 0 Å². The van der Waals surface area contributed by atoms with E-state index in [9.17, 15) is 0 Å². The molecule has 2 nitrogen and oxygen atoms in total. The second-order valence-corrected chi connectivity index (χ2v) is 3.57. The highest BCUT2D eigenvalue weighted by Crippen LogP contribution is 2.07. The summed E-state index contributed by atoms with van der Waals surface area (Å²) in [5.74, 6) is 5.05. The van der Waals surface area contributed by atoms with Crippen LogP contribution >= 0.6 is 0 Å². The molecule has 0 unspecified atom stereocenters. The van der Waals surface area contributed by atoms with E-state index >= 15 is 0 Å². The molecule has 2 heteroatoms. The zero-order valence-electron chi connectivity index (χ0n) is 9.13. The van der Waals surface area contributed by atoms with Crippen LogP contribution in [0.25, 0.3) is 0 Å². The van der Waals surface area contributed by atoms with Gasteiger partial charge in [0.25, 0.3) is 0 Å². The smallest absolute Gasteiger partial charge is 0.217 e. The van der Waals surface area contributed by atoms with E-state index in [1.807, 2.05) is 0 Å². The van der Waals surface area contributed by atoms with Crippen LogP contribution in [0.2, 0.25) is 0 Å². The zero-order valence-corrected chi connectivity index (χ0v) is 9.13. The Morgan fingerprint density at radius 2 is 1.50 bits per heavy atom. The fraction of sp³-hybridized carbons (Fsp3) is 0.833. The van der Waals surface area contributed by atoms with Crippen molar-refractivity contribution in [2.45, 2.75) is 64.6 Å². The monoisotopic (exact) mass is 198 g/mol. The summed E-state index contributed by atoms with van der Waals surface area (Å²) in [5.41, 5.74) is 0. The summed E-state index contributed by atoms with van der Waals surface area (Å²) in [6.45, 7) is 2.22. The lowest BCUT2D eigenvalue weighted by molar-refractivity contribution is 0.0107. The normalized spacial score (nSPS) is 10.0. The summed E-state index contributed by atoms with van der Waals surface area (Å²) < 4.78 is 0. The molecule has 0 radical (unpaired) electrons. The number of unbranched alkanes of at least 4 members (excludes halogenated alkanes) is 7. The van der Waals surface area contributed by atoms with Gasteiger partial charge < -0.3 is 10.2 Å². The van der Waals surface area contributed by atoms with Crippen molar-refractivity contribution < 1.29 is 10.2 Å². The van der Waals surface area contributed by atoms with E-state index in [0.717, 1.165) is 12.8 Å². The molecule has 0 fully saturated rings. The minimum absolute atomic E-state index is 0.783. The molecule has 0 atom stereocenters. The van der Waals surface area contributed by atoms with Gasteiger partial charge in [-0.1, -0.05) is 51.4 Å². The van der Waals surface area contributed by atoms with Crippen LogP contribution in [0.15, 0.2) is 0 Å². The summed E-state index contributed by atoms with van der Waals surface area (Å²) in [7, 11) is 0. The van der Waals surface area contributed by atoms with Crippen LogP contribution < -0.4 is 0 Å². The molecule has 0 saturated carbocycles. The third-order valence-corrected chi connectivity index (χ3v) is 2.14. The highest BCUT2D eigenvalue weighted by Gasteiger charge is 1.89. The van der Waals surface area contributed by atoms with Crippen LogP contribution in [0.3, 0.4) is 0 Å². The molecule has 0 bridgehead atoms. The highest BCUT2D eigenvalue weighted by molar-refractivity contribution is 5.00. The number of aliphatic hydroxyl groups is 2. The molecule has 0 heterocycles. The van der Waals surface area contributed by atoms with E-state index < -0.39 is 6.29 Å². The minimum Gasteiger partial charge on any atom is -0.358 e. The van der Waals surface area contributed by atoms with Gasteiger partial charge in [0.1, 0.15) is 0 Å². The van der Waals surface area contributed by atoms with E-state index in [0.29, 0.717) is 0 Å². The van der Waals surface area contributed by atoms with Crippen LogP contribution in [-0.2, 0) is 0 Å². The van der Waals surface area contributed by atoms with Gasteiger partial charge in [0.2, 0.25) is 6.29 Å². The molecule has 0 amide bonds. The van der Waals surface area contributed by atoms with Crippen LogP contribution in [0.5, 0.6) is 0 Å². The van der Waals surface area contributed by atoms with Gasteiger partial charge in [0.05, 0.1) is 0 Å². The molecule has 0 aromatic rings. The topological polar surface area (TPSA) is 40.5 Å². The quantitative estimate of drug-likeness (QED) is 0.375. The highest BCUT2D eigenvalue weighted by atomic mass is 16.5. The Hall–Kier alpha value is -0.520. The SMILES string of the molecule is CCCCCCCCCC#CC(O)O. The molecule has 0 aromatic heterocycles. The summed E-state index contributed by atoms with van der Waals surface area (Å²) in [5, 5.41) is 16.9. The fourth-order valence-corrected chi connectivity index (χ4v) is 1.33. The standard InChI is InChI=1S/C12H22O2/c1-2-3-4-5-6-7-8-9-10-11-12(13)14/h12-14H,2-9H2,1H3. The predicted octanol–water partition coefficient (Wildman–Crippen LogP) is 2.44. The van der Waals surface area contributed by atoms with Gasteiger partial charge in [-0.2, -0.15) is 0 Å². The van der Waals surface area contributed by atoms with Crippen LogP contribution in [0, 0.1) is 11.8 Å². The van der Waals surface area contributed by atoms with Gasteiger partial charge in [0.15, 0.2) is 0 Å². The molecule has 0 saturated heterocycles. The number of hydrogen-bond acceptors (Lipinski definition) is 2. The molecule has 0 aromatic carbocycles. The van der Waals surface area contributed by atoms with Gasteiger partial charge in [-0.15, -0.1) is 0 Å².